The second-order valence-electron chi connectivity index (χ2n) is 3.32. The molecule has 0 saturated carbocycles. The van der Waals surface area contributed by atoms with E-state index in [1.807, 2.05) is 24.4 Å². The molecule has 0 aliphatic rings. The summed E-state index contributed by atoms with van der Waals surface area (Å²) in [5.74, 6) is 0. The van der Waals surface area contributed by atoms with Crippen molar-refractivity contribution in [3.8, 4) is 0 Å². The maximum atomic E-state index is 5.85. The van der Waals surface area contributed by atoms with Crippen LogP contribution in [0.15, 0.2) is 35.1 Å². The summed E-state index contributed by atoms with van der Waals surface area (Å²) in [6, 6.07) is 5.77. The van der Waals surface area contributed by atoms with Crippen LogP contribution in [0, 0.1) is 0 Å². The Hall–Kier alpha value is -1.56. The summed E-state index contributed by atoms with van der Waals surface area (Å²) in [6.45, 7) is 1.52. The molecule has 84 valence electrons. The summed E-state index contributed by atoms with van der Waals surface area (Å²) in [7, 11) is 0. The van der Waals surface area contributed by atoms with Crippen molar-refractivity contribution in [1.29, 1.82) is 0 Å². The van der Waals surface area contributed by atoms with Gasteiger partial charge in [-0.3, -0.25) is 4.68 Å². The summed E-state index contributed by atoms with van der Waals surface area (Å²) in [4.78, 5) is 0. The number of hydrogen-bond acceptors (Lipinski definition) is 4. The fourth-order valence-corrected chi connectivity index (χ4v) is 1.73. The molecule has 0 radical (unpaired) electrons. The molecule has 0 spiro atoms. The highest BCUT2D eigenvalue weighted by Gasteiger charge is 1.99. The minimum absolute atomic E-state index is 0.730. The summed E-state index contributed by atoms with van der Waals surface area (Å²) in [6.07, 6.45) is 3.49. The zero-order valence-electron chi connectivity index (χ0n) is 8.60. The van der Waals surface area contributed by atoms with Crippen molar-refractivity contribution >= 4 is 27.3 Å². The van der Waals surface area contributed by atoms with E-state index in [4.69, 9.17) is 5.73 Å². The van der Waals surface area contributed by atoms with Crippen LogP contribution in [-0.2, 0) is 6.54 Å². The highest BCUT2D eigenvalue weighted by atomic mass is 79.9. The van der Waals surface area contributed by atoms with E-state index in [0.717, 1.165) is 28.9 Å². The molecular weight excluding hydrogens is 270 g/mol. The van der Waals surface area contributed by atoms with E-state index >= 15 is 0 Å². The van der Waals surface area contributed by atoms with Gasteiger partial charge in [0.1, 0.15) is 0 Å². The second kappa shape index (κ2) is 4.98. The predicted octanol–water partition coefficient (Wildman–Crippen LogP) is 1.73. The fourth-order valence-electron chi connectivity index (χ4n) is 1.35. The number of halogens is 1. The third-order valence-corrected chi connectivity index (χ3v) is 2.64. The van der Waals surface area contributed by atoms with E-state index < -0.39 is 0 Å². The van der Waals surface area contributed by atoms with Gasteiger partial charge in [0.2, 0.25) is 0 Å². The first-order valence-corrected chi connectivity index (χ1v) is 5.68. The molecule has 1 aromatic heterocycles. The van der Waals surface area contributed by atoms with Crippen molar-refractivity contribution in [2.45, 2.75) is 6.54 Å². The lowest BCUT2D eigenvalue weighted by atomic mass is 10.3. The van der Waals surface area contributed by atoms with E-state index in [0.29, 0.717) is 0 Å². The largest absolute Gasteiger partial charge is 0.397 e. The normalized spacial score (nSPS) is 10.3. The number of rotatable bonds is 4. The van der Waals surface area contributed by atoms with Crippen LogP contribution in [0.3, 0.4) is 0 Å². The van der Waals surface area contributed by atoms with Gasteiger partial charge in [-0.05, 0) is 18.2 Å². The maximum absolute atomic E-state index is 5.85. The van der Waals surface area contributed by atoms with Gasteiger partial charge in [-0.15, -0.1) is 5.10 Å². The Kier molecular flexibility index (Phi) is 3.40. The van der Waals surface area contributed by atoms with Crippen LogP contribution in [-0.4, -0.2) is 21.5 Å². The molecule has 6 heteroatoms. The van der Waals surface area contributed by atoms with Gasteiger partial charge in [-0.25, -0.2) is 0 Å². The third-order valence-electron chi connectivity index (χ3n) is 2.14. The zero-order chi connectivity index (χ0) is 11.4. The van der Waals surface area contributed by atoms with Gasteiger partial charge in [-0.2, -0.15) is 0 Å². The van der Waals surface area contributed by atoms with E-state index in [-0.39, 0.29) is 0 Å². The van der Waals surface area contributed by atoms with Crippen LogP contribution in [0.25, 0.3) is 0 Å². The van der Waals surface area contributed by atoms with Crippen molar-refractivity contribution < 1.29 is 0 Å². The lowest BCUT2D eigenvalue weighted by Crippen LogP contribution is -2.12. The third kappa shape index (κ3) is 2.73. The molecule has 1 heterocycles. The molecule has 0 unspecified atom stereocenters. The number of nitrogen functional groups attached to an aromatic ring is 1. The molecular formula is C10H12BrN5. The molecule has 0 fully saturated rings. The first-order chi connectivity index (χ1) is 7.75. The summed E-state index contributed by atoms with van der Waals surface area (Å²) >= 11 is 3.37. The first kappa shape index (κ1) is 10.9. The minimum Gasteiger partial charge on any atom is -0.397 e. The van der Waals surface area contributed by atoms with Gasteiger partial charge in [-0.1, -0.05) is 21.1 Å². The Bertz CT molecular complexity index is 454. The van der Waals surface area contributed by atoms with Crippen LogP contribution in [0.1, 0.15) is 0 Å². The van der Waals surface area contributed by atoms with Crippen molar-refractivity contribution in [3.05, 3.63) is 35.1 Å². The Morgan fingerprint density at radius 3 is 3.00 bits per heavy atom. The smallest absolute Gasteiger partial charge is 0.0692 e. The van der Waals surface area contributed by atoms with Crippen molar-refractivity contribution in [2.75, 3.05) is 17.6 Å². The molecule has 2 rings (SSSR count). The molecule has 5 nitrogen and oxygen atoms in total. The lowest BCUT2D eigenvalue weighted by Gasteiger charge is -2.09. The van der Waals surface area contributed by atoms with E-state index in [9.17, 15) is 0 Å². The van der Waals surface area contributed by atoms with Gasteiger partial charge in [0, 0.05) is 17.2 Å². The number of nitrogens with one attached hydrogen (secondary N) is 1. The standard InChI is InChI=1S/C10H12BrN5/c11-8-1-2-10(9(12)7-8)13-3-5-16-6-4-14-15-16/h1-2,4,6-7,13H,3,5,12H2. The average Bonchev–Trinajstić information content (AvgIpc) is 2.74. The van der Waals surface area contributed by atoms with E-state index in [1.165, 1.54) is 0 Å². The molecule has 0 atom stereocenters. The molecule has 0 aliphatic carbocycles. The molecule has 3 N–H and O–H groups in total. The van der Waals surface area contributed by atoms with E-state index in [1.54, 1.807) is 10.9 Å². The second-order valence-corrected chi connectivity index (χ2v) is 4.24. The Morgan fingerprint density at radius 1 is 1.44 bits per heavy atom. The fraction of sp³-hybridized carbons (Fsp3) is 0.200. The number of nitrogens with zero attached hydrogens (tertiary/aromatic N) is 3. The van der Waals surface area contributed by atoms with Gasteiger partial charge in [0.15, 0.2) is 0 Å². The molecule has 0 saturated heterocycles. The predicted molar refractivity (Wildman–Crippen MR) is 67.1 cm³/mol. The molecule has 0 aliphatic heterocycles. The number of nitrogens with two attached hydrogens (primary N) is 1. The summed E-state index contributed by atoms with van der Waals surface area (Å²) in [5.41, 5.74) is 7.52. The van der Waals surface area contributed by atoms with Gasteiger partial charge < -0.3 is 11.1 Å². The van der Waals surface area contributed by atoms with Crippen LogP contribution >= 0.6 is 15.9 Å². The quantitative estimate of drug-likeness (QED) is 0.838. The monoisotopic (exact) mass is 281 g/mol. The van der Waals surface area contributed by atoms with Crippen LogP contribution in [0.2, 0.25) is 0 Å². The molecule has 0 bridgehead atoms. The topological polar surface area (TPSA) is 68.8 Å². The SMILES string of the molecule is Nc1cc(Br)ccc1NCCn1ccnn1. The summed E-state index contributed by atoms with van der Waals surface area (Å²) < 4.78 is 2.74. The number of benzene rings is 1. The van der Waals surface area contributed by atoms with Gasteiger partial charge in [0.05, 0.1) is 24.1 Å². The van der Waals surface area contributed by atoms with E-state index in [2.05, 4.69) is 31.6 Å². The van der Waals surface area contributed by atoms with Gasteiger partial charge in [0.25, 0.3) is 0 Å². The van der Waals surface area contributed by atoms with Crippen LogP contribution in [0.4, 0.5) is 11.4 Å². The molecule has 16 heavy (non-hydrogen) atoms. The molecule has 2 aromatic rings. The lowest BCUT2D eigenvalue weighted by molar-refractivity contribution is 0.609. The number of aromatic nitrogens is 3. The highest BCUT2D eigenvalue weighted by molar-refractivity contribution is 9.10. The van der Waals surface area contributed by atoms with Crippen LogP contribution < -0.4 is 11.1 Å². The Labute approximate surface area is 102 Å². The number of hydrogen-bond donors (Lipinski definition) is 2. The minimum atomic E-state index is 0.730. The maximum Gasteiger partial charge on any atom is 0.0692 e. The molecule has 1 aromatic carbocycles. The zero-order valence-corrected chi connectivity index (χ0v) is 10.2. The molecule has 0 amide bonds. The number of anilines is 2. The van der Waals surface area contributed by atoms with Gasteiger partial charge >= 0.3 is 0 Å². The van der Waals surface area contributed by atoms with Crippen LogP contribution in [0.5, 0.6) is 0 Å². The Morgan fingerprint density at radius 2 is 2.31 bits per heavy atom. The van der Waals surface area contributed by atoms with Crippen molar-refractivity contribution in [1.82, 2.24) is 15.0 Å². The Balaban J connectivity index is 1.90. The highest BCUT2D eigenvalue weighted by Crippen LogP contribution is 2.22. The van der Waals surface area contributed by atoms with Crippen molar-refractivity contribution in [2.24, 2.45) is 0 Å². The average molecular weight is 282 g/mol. The van der Waals surface area contributed by atoms with Crippen molar-refractivity contribution in [3.63, 3.8) is 0 Å². The summed E-state index contributed by atoms with van der Waals surface area (Å²) in [5, 5.41) is 10.8. The first-order valence-electron chi connectivity index (χ1n) is 4.89.